The number of nitrogens with two attached hydrogens (primary N) is 1. The highest BCUT2D eigenvalue weighted by Gasteiger charge is 2.69. The Balaban J connectivity index is 0.000000153. The largest absolute Gasteiger partial charge is 0.385 e. The number of carbonyl (C=O) groups is 12. The monoisotopic (exact) mass is 2000 g/mol. The molecule has 9 aliphatic rings. The first-order chi connectivity index (χ1) is 65.8. The van der Waals surface area contributed by atoms with Crippen LogP contribution in [0.3, 0.4) is 0 Å². The van der Waals surface area contributed by atoms with Gasteiger partial charge in [-0.05, 0) is 280 Å². The summed E-state index contributed by atoms with van der Waals surface area (Å²) in [5, 5.41) is 19.8. The molecule has 9 atom stereocenters. The lowest BCUT2D eigenvalue weighted by atomic mass is 9.90. The normalized spacial score (nSPS) is 23.8. The van der Waals surface area contributed by atoms with E-state index in [0.717, 1.165) is 219 Å². The summed E-state index contributed by atoms with van der Waals surface area (Å²) in [7, 11) is 0. The maximum absolute atomic E-state index is 14.4. The van der Waals surface area contributed by atoms with E-state index in [0.29, 0.717) is 118 Å². The van der Waals surface area contributed by atoms with Crippen molar-refractivity contribution in [1.29, 1.82) is 0 Å². The SMILES string of the molecule is CC(=O)c1nn2c3c(cc(Br)cc13)C/C=C/CCCC(=O)CC[C@@]13C[C@@H](C(=O)Cc4nc(C)ccc4C)N(C(=O)C2)[C@@H]1C3.CC(=O)c1nn2c3c(cc(Br)cc13)CCCCCCC(=O)CC[C@@]13C[C@@H](C(=O)Cc4nc(C)ccc4C)N(C(=O)C2)[C@@H]1C3.CC(=O)c1nn2c3c(cc(NCC(C)C)cc13)CCCCCCC(=O)CC[C@@]13C[C@@H](C(=O)Cc4nc(C)ccc4C)N(C(=O)C2)[C@@H]1C3.CC(C)CN. The van der Waals surface area contributed by atoms with Gasteiger partial charge in [-0.2, -0.15) is 15.3 Å². The zero-order valence-electron chi connectivity index (χ0n) is 82.8. The number of anilines is 1. The number of hydrogen-bond donors (Lipinski definition) is 2. The van der Waals surface area contributed by atoms with Gasteiger partial charge in [0.15, 0.2) is 34.7 Å². The third kappa shape index (κ3) is 23.0. The van der Waals surface area contributed by atoms with Crippen LogP contribution in [0.4, 0.5) is 5.69 Å². The number of nitrogens with zero attached hydrogens (tertiary/aromatic N) is 12. The Morgan fingerprint density at radius 3 is 1.10 bits per heavy atom. The summed E-state index contributed by atoms with van der Waals surface area (Å²) in [6.07, 6.45) is 25.5. The van der Waals surface area contributed by atoms with Crippen LogP contribution in [0.15, 0.2) is 93.9 Å². The molecule has 3 saturated heterocycles. The maximum Gasteiger partial charge on any atom is 0.245 e. The predicted octanol–water partition coefficient (Wildman–Crippen LogP) is 18.8. The molecule has 3 saturated carbocycles. The molecule has 0 unspecified atom stereocenters. The van der Waals surface area contributed by atoms with E-state index in [2.05, 4.69) is 114 Å². The van der Waals surface area contributed by atoms with Gasteiger partial charge in [0.25, 0.3) is 0 Å². The Bertz CT molecular complexity index is 6320. The number of Topliss-reactive ketones (excluding diaryl/α,β-unsaturated/α-hetero) is 9. The van der Waals surface area contributed by atoms with Crippen molar-refractivity contribution >= 4 is 140 Å². The van der Waals surface area contributed by atoms with Crippen LogP contribution < -0.4 is 11.1 Å². The Kier molecular flexibility index (Phi) is 31.9. The number of halogens is 2. The average Bonchev–Trinajstić information content (AvgIpc) is 1.54. The van der Waals surface area contributed by atoms with Gasteiger partial charge in [0.2, 0.25) is 17.7 Å². The van der Waals surface area contributed by atoms with Crippen LogP contribution in [-0.2, 0) is 101 Å². The molecule has 28 heteroatoms. The highest BCUT2D eigenvalue weighted by Crippen LogP contribution is 2.65. The Hall–Kier alpha value is -10.6. The van der Waals surface area contributed by atoms with Crippen molar-refractivity contribution in [2.24, 2.45) is 33.8 Å². The molecule has 0 spiro atoms. The molecule has 12 heterocycles. The number of piperidine rings is 3. The Morgan fingerprint density at radius 2 is 0.746 bits per heavy atom. The first kappa shape index (κ1) is 102. The number of aryl methyl sites for hydroxylation is 8. The lowest BCUT2D eigenvalue weighted by Gasteiger charge is -2.27. The van der Waals surface area contributed by atoms with Crippen LogP contribution in [0.1, 0.15) is 308 Å². The molecule has 26 nitrogen and oxygen atoms in total. The zero-order chi connectivity index (χ0) is 98.7. The number of carbonyl (C=O) groups excluding carboxylic acids is 12. The van der Waals surface area contributed by atoms with Crippen LogP contribution in [0.25, 0.3) is 32.7 Å². The molecular formula is C110H136Br2N14O12. The van der Waals surface area contributed by atoms with Crippen LogP contribution in [0, 0.1) is 69.6 Å². The Morgan fingerprint density at radius 1 is 0.413 bits per heavy atom. The first-order valence-corrected chi connectivity index (χ1v) is 51.8. The van der Waals surface area contributed by atoms with E-state index >= 15 is 0 Å². The molecule has 3 amide bonds. The maximum atomic E-state index is 14.4. The second-order valence-corrected chi connectivity index (χ2v) is 43.8. The highest BCUT2D eigenvalue weighted by atomic mass is 79.9. The van der Waals surface area contributed by atoms with Crippen LogP contribution in [-0.4, -0.2) is 178 Å². The van der Waals surface area contributed by atoms with Crippen molar-refractivity contribution < 1.29 is 57.5 Å². The Labute approximate surface area is 826 Å². The average molecular weight is 2010 g/mol. The lowest BCUT2D eigenvalue weighted by molar-refractivity contribution is -0.139. The summed E-state index contributed by atoms with van der Waals surface area (Å²) in [5.41, 5.74) is 19.7. The van der Waals surface area contributed by atoms with Gasteiger partial charge in [0.05, 0.1) is 71.0 Å². The summed E-state index contributed by atoms with van der Waals surface area (Å²) in [4.78, 5) is 181. The standard InChI is InChI=1S/C38H49N5O4.C34H39BrN4O4.C34H37BrN4O4.C4H11N/c1-23(2)21-39-28-16-27-10-8-6-7-9-11-29(45)14-15-38-19-32(33(46)18-31-24(3)12-13-25(4)40-31)43(34(38)20-38)35(47)22-42-37(27)30(17-28)36(41-42)26(5)44;2*1-20-10-11-21(2)36-27(20)16-29(42)28-17-34-13-12-25(41)9-7-5-4-6-8-23-14-24(35)15-26-32(22(3)40)37-38(33(23)26)19-31(43)39(28)30(34)18-34;1-4(2)3-5/h12-13,16-17,23,32,34,39H,6-11,14-15,18-22H2,1-5H3;10-11,14-15,28,30H,4-9,12-13,16-19H2,1-3H3;4,6,10-11,14-15,28,30H,5,7-9,12-13,16-19H2,1-3H3;4H,3,5H2,1-2H3/b;;6-4+;/t32-,34+,38-;2*28-,30+,34-;/m000./s1. The van der Waals surface area contributed by atoms with Crippen molar-refractivity contribution in [2.45, 2.75) is 345 Å². The van der Waals surface area contributed by atoms with Crippen molar-refractivity contribution in [3.8, 4) is 0 Å². The predicted molar refractivity (Wildman–Crippen MR) is 540 cm³/mol. The van der Waals surface area contributed by atoms with Gasteiger partial charge in [-0.3, -0.25) is 86.5 Å². The number of allylic oxidation sites excluding steroid dienone is 2. The van der Waals surface area contributed by atoms with Crippen LogP contribution in [0.2, 0.25) is 0 Å². The van der Waals surface area contributed by atoms with Crippen molar-refractivity contribution in [3.63, 3.8) is 0 Å². The van der Waals surface area contributed by atoms with E-state index in [1.165, 1.54) is 20.8 Å². The molecule has 9 aromatic rings. The van der Waals surface area contributed by atoms with Crippen molar-refractivity contribution in [3.05, 3.63) is 179 Å². The summed E-state index contributed by atoms with van der Waals surface area (Å²) in [6, 6.07) is 21.8. The fourth-order valence-electron chi connectivity index (χ4n) is 22.4. The van der Waals surface area contributed by atoms with E-state index < -0.39 is 18.1 Å². The molecule has 0 radical (unpaired) electrons. The second-order valence-electron chi connectivity index (χ2n) is 41.9. The zero-order valence-corrected chi connectivity index (χ0v) is 85.9. The molecule has 3 N–H and O–H groups in total. The van der Waals surface area contributed by atoms with Gasteiger partial charge in [-0.15, -0.1) is 0 Å². The number of ketones is 9. The molecule has 18 rings (SSSR count). The quantitative estimate of drug-likeness (QED) is 0.0670. The third-order valence-electron chi connectivity index (χ3n) is 30.4. The summed E-state index contributed by atoms with van der Waals surface area (Å²) >= 11 is 7.20. The van der Waals surface area contributed by atoms with Crippen LogP contribution in [0.5, 0.6) is 0 Å². The van der Waals surface area contributed by atoms with E-state index in [-0.39, 0.29) is 143 Å². The number of hydrogen-bond acceptors (Lipinski definition) is 20. The number of aromatic nitrogens is 9. The van der Waals surface area contributed by atoms with Gasteiger partial charge in [-0.25, -0.2) is 0 Å². The second kappa shape index (κ2) is 43.3. The minimum absolute atomic E-state index is 0.0110. The molecule has 6 aliphatic heterocycles. The smallest absolute Gasteiger partial charge is 0.245 e. The number of pyridine rings is 3. The first-order valence-electron chi connectivity index (χ1n) is 50.2. The molecular weight excluding hydrogens is 1870 g/mol. The molecule has 3 aromatic carbocycles. The van der Waals surface area contributed by atoms with E-state index in [4.69, 9.17) is 10.8 Å². The summed E-state index contributed by atoms with van der Waals surface area (Å²) < 4.78 is 6.76. The summed E-state index contributed by atoms with van der Waals surface area (Å²) in [6.45, 7) is 26.1. The third-order valence-corrected chi connectivity index (χ3v) is 31.3. The van der Waals surface area contributed by atoms with Gasteiger partial charge < -0.3 is 25.8 Å². The molecule has 3 aliphatic carbocycles. The number of amides is 3. The molecule has 6 fully saturated rings. The van der Waals surface area contributed by atoms with Gasteiger partial charge >= 0.3 is 0 Å². The van der Waals surface area contributed by atoms with Gasteiger partial charge in [0.1, 0.15) is 54.1 Å². The number of rotatable bonds is 16. The van der Waals surface area contributed by atoms with Gasteiger partial charge in [-0.1, -0.05) is 116 Å². The topological polar surface area (TPSA) is 345 Å². The highest BCUT2D eigenvalue weighted by molar-refractivity contribution is 9.10. The fourth-order valence-corrected chi connectivity index (χ4v) is 23.4. The fraction of sp³-hybridized carbons (Fsp3) is 0.545. The number of nitrogens with one attached hydrogen (secondary N) is 1. The minimum atomic E-state index is -0.576. The molecule has 6 aromatic heterocycles. The molecule has 138 heavy (non-hydrogen) atoms. The number of benzene rings is 3. The van der Waals surface area contributed by atoms with Crippen molar-refractivity contribution in [1.82, 2.24) is 59.0 Å². The molecule has 732 valence electrons. The van der Waals surface area contributed by atoms with Crippen LogP contribution >= 0.6 is 31.9 Å². The van der Waals surface area contributed by atoms with Crippen molar-refractivity contribution in [2.75, 3.05) is 18.4 Å². The van der Waals surface area contributed by atoms with E-state index in [1.54, 1.807) is 23.8 Å². The summed E-state index contributed by atoms with van der Waals surface area (Å²) in [5.74, 6) is 0.900. The minimum Gasteiger partial charge on any atom is -0.385 e. The molecule has 6 bridgehead atoms. The van der Waals surface area contributed by atoms with E-state index in [9.17, 15) is 57.5 Å². The van der Waals surface area contributed by atoms with E-state index in [1.807, 2.05) is 107 Å². The lowest BCUT2D eigenvalue weighted by Crippen LogP contribution is -2.45. The van der Waals surface area contributed by atoms with Gasteiger partial charge in [0, 0.05) is 132 Å².